The number of carbonyl (C=O) groups excluding carboxylic acids is 1. The van der Waals surface area contributed by atoms with Crippen molar-refractivity contribution in [1.82, 2.24) is 25.2 Å². The average molecular weight is 285 g/mol. The fraction of sp³-hybridized carbons (Fsp3) is 0.400. The second-order valence-corrected chi connectivity index (χ2v) is 5.36. The highest BCUT2D eigenvalue weighted by atomic mass is 16.1. The van der Waals surface area contributed by atoms with Crippen molar-refractivity contribution in [2.75, 3.05) is 13.1 Å². The molecular formula is C15H19N5O. The first kappa shape index (κ1) is 13.8. The normalized spacial score (nSPS) is 15.9. The second kappa shape index (κ2) is 6.05. The minimum atomic E-state index is -0.105. The van der Waals surface area contributed by atoms with Gasteiger partial charge in [-0.15, -0.1) is 0 Å². The van der Waals surface area contributed by atoms with Gasteiger partial charge in [0.25, 0.3) is 5.91 Å². The van der Waals surface area contributed by atoms with Crippen molar-refractivity contribution >= 4 is 5.91 Å². The average Bonchev–Trinajstić information content (AvgIpc) is 3.02. The maximum atomic E-state index is 12.4. The summed E-state index contributed by atoms with van der Waals surface area (Å²) >= 11 is 0. The van der Waals surface area contributed by atoms with Gasteiger partial charge in [-0.05, 0) is 50.6 Å². The van der Waals surface area contributed by atoms with Crippen LogP contribution >= 0.6 is 0 Å². The van der Waals surface area contributed by atoms with E-state index in [1.165, 1.54) is 0 Å². The molecule has 2 aromatic rings. The number of carbonyl (C=O) groups is 1. The molecular weight excluding hydrogens is 266 g/mol. The van der Waals surface area contributed by atoms with E-state index in [0.717, 1.165) is 31.5 Å². The Labute approximate surface area is 123 Å². The van der Waals surface area contributed by atoms with Crippen molar-refractivity contribution in [2.24, 2.45) is 0 Å². The Bertz CT molecular complexity index is 617. The fourth-order valence-corrected chi connectivity index (χ4v) is 2.52. The third-order valence-corrected chi connectivity index (χ3v) is 3.63. The lowest BCUT2D eigenvalue weighted by atomic mass is 10.1. The Morgan fingerprint density at radius 2 is 2.19 bits per heavy atom. The number of rotatable bonds is 3. The van der Waals surface area contributed by atoms with E-state index in [9.17, 15) is 4.79 Å². The van der Waals surface area contributed by atoms with Gasteiger partial charge in [0.1, 0.15) is 17.8 Å². The Kier molecular flexibility index (Phi) is 3.96. The number of amides is 1. The molecule has 6 heteroatoms. The smallest absolute Gasteiger partial charge is 0.270 e. The van der Waals surface area contributed by atoms with Gasteiger partial charge in [-0.3, -0.25) is 9.36 Å². The van der Waals surface area contributed by atoms with Crippen molar-refractivity contribution in [1.29, 1.82) is 0 Å². The summed E-state index contributed by atoms with van der Waals surface area (Å²) in [4.78, 5) is 20.8. The first-order chi connectivity index (χ1) is 10.2. The summed E-state index contributed by atoms with van der Waals surface area (Å²) in [5.74, 6) is 0.606. The predicted octanol–water partition coefficient (Wildman–Crippen LogP) is 1.06. The largest absolute Gasteiger partial charge is 0.348 e. The summed E-state index contributed by atoms with van der Waals surface area (Å²) in [6, 6.07) is 3.98. The third kappa shape index (κ3) is 3.28. The summed E-state index contributed by atoms with van der Waals surface area (Å²) in [7, 11) is 0. The van der Waals surface area contributed by atoms with Crippen LogP contribution < -0.4 is 10.6 Å². The van der Waals surface area contributed by atoms with Crippen LogP contribution in [0.5, 0.6) is 0 Å². The molecule has 1 amide bonds. The first-order valence-electron chi connectivity index (χ1n) is 7.21. The molecule has 0 radical (unpaired) electrons. The monoisotopic (exact) mass is 285 g/mol. The summed E-state index contributed by atoms with van der Waals surface area (Å²) < 4.78 is 1.80. The highest BCUT2D eigenvalue weighted by molar-refractivity contribution is 5.92. The molecule has 3 rings (SSSR count). The zero-order chi connectivity index (χ0) is 14.7. The number of nitrogens with zero attached hydrogens (tertiary/aromatic N) is 3. The number of nitrogens with one attached hydrogen (secondary N) is 2. The molecule has 6 nitrogen and oxygen atoms in total. The van der Waals surface area contributed by atoms with Gasteiger partial charge in [0.2, 0.25) is 0 Å². The van der Waals surface area contributed by atoms with Crippen LogP contribution in [0.2, 0.25) is 0 Å². The molecule has 0 unspecified atom stereocenters. The molecule has 0 aliphatic carbocycles. The van der Waals surface area contributed by atoms with Gasteiger partial charge in [0, 0.05) is 18.4 Å². The number of aryl methyl sites for hydroxylation is 1. The van der Waals surface area contributed by atoms with E-state index in [0.29, 0.717) is 11.5 Å². The zero-order valence-electron chi connectivity index (χ0n) is 12.0. The second-order valence-electron chi connectivity index (χ2n) is 5.36. The molecule has 0 aromatic carbocycles. The third-order valence-electron chi connectivity index (χ3n) is 3.63. The van der Waals surface area contributed by atoms with Crippen LogP contribution in [-0.2, 0) is 0 Å². The Hall–Kier alpha value is -2.21. The van der Waals surface area contributed by atoms with E-state index in [-0.39, 0.29) is 11.9 Å². The zero-order valence-corrected chi connectivity index (χ0v) is 12.0. The van der Waals surface area contributed by atoms with E-state index >= 15 is 0 Å². The summed E-state index contributed by atoms with van der Waals surface area (Å²) in [5, 5.41) is 6.36. The lowest BCUT2D eigenvalue weighted by molar-refractivity contribution is 0.0924. The molecule has 1 aliphatic rings. The van der Waals surface area contributed by atoms with Gasteiger partial charge in [-0.2, -0.15) is 0 Å². The van der Waals surface area contributed by atoms with Crippen molar-refractivity contribution in [3.63, 3.8) is 0 Å². The van der Waals surface area contributed by atoms with Gasteiger partial charge in [-0.25, -0.2) is 9.97 Å². The van der Waals surface area contributed by atoms with Gasteiger partial charge in [-0.1, -0.05) is 0 Å². The maximum absolute atomic E-state index is 12.4. The van der Waals surface area contributed by atoms with E-state index in [1.807, 2.05) is 25.3 Å². The number of hydrogen-bond donors (Lipinski definition) is 2. The number of piperidine rings is 1. The molecule has 2 aromatic heterocycles. The minimum Gasteiger partial charge on any atom is -0.348 e. The van der Waals surface area contributed by atoms with Crippen LogP contribution in [-0.4, -0.2) is 39.6 Å². The highest BCUT2D eigenvalue weighted by Crippen LogP contribution is 2.11. The molecule has 1 aliphatic heterocycles. The Balaban J connectivity index is 1.79. The SMILES string of the molecule is Cc1cc(C(=O)NC2CCNCC2)nc(-n2ccnc2)c1. The maximum Gasteiger partial charge on any atom is 0.270 e. The van der Waals surface area contributed by atoms with Gasteiger partial charge < -0.3 is 10.6 Å². The molecule has 110 valence electrons. The molecule has 1 fully saturated rings. The summed E-state index contributed by atoms with van der Waals surface area (Å²) in [6.45, 7) is 3.86. The molecule has 0 spiro atoms. The van der Waals surface area contributed by atoms with Crippen LogP contribution in [0.15, 0.2) is 30.9 Å². The predicted molar refractivity (Wildman–Crippen MR) is 79.5 cm³/mol. The van der Waals surface area contributed by atoms with Crippen LogP contribution in [0.3, 0.4) is 0 Å². The van der Waals surface area contributed by atoms with E-state index in [1.54, 1.807) is 17.1 Å². The highest BCUT2D eigenvalue weighted by Gasteiger charge is 2.17. The molecule has 0 atom stereocenters. The van der Waals surface area contributed by atoms with Crippen LogP contribution in [0.1, 0.15) is 28.9 Å². The van der Waals surface area contributed by atoms with Gasteiger partial charge in [0.15, 0.2) is 0 Å². The molecule has 0 bridgehead atoms. The molecule has 2 N–H and O–H groups in total. The van der Waals surface area contributed by atoms with Crippen LogP contribution in [0, 0.1) is 6.92 Å². The van der Waals surface area contributed by atoms with Crippen LogP contribution in [0.4, 0.5) is 0 Å². The number of imidazole rings is 1. The van der Waals surface area contributed by atoms with E-state index in [4.69, 9.17) is 0 Å². The van der Waals surface area contributed by atoms with Gasteiger partial charge >= 0.3 is 0 Å². The number of pyridine rings is 1. The number of hydrogen-bond acceptors (Lipinski definition) is 4. The van der Waals surface area contributed by atoms with E-state index in [2.05, 4.69) is 20.6 Å². The van der Waals surface area contributed by atoms with Crippen molar-refractivity contribution in [2.45, 2.75) is 25.8 Å². The quantitative estimate of drug-likeness (QED) is 0.884. The van der Waals surface area contributed by atoms with Crippen LogP contribution in [0.25, 0.3) is 5.82 Å². The van der Waals surface area contributed by atoms with Gasteiger partial charge in [0.05, 0.1) is 0 Å². The minimum absolute atomic E-state index is 0.105. The van der Waals surface area contributed by atoms with Crippen molar-refractivity contribution in [3.05, 3.63) is 42.1 Å². The Morgan fingerprint density at radius 1 is 1.38 bits per heavy atom. The fourth-order valence-electron chi connectivity index (χ4n) is 2.52. The standard InChI is InChI=1S/C15H19N5O/c1-11-8-13(15(21)18-12-2-4-16-5-3-12)19-14(9-11)20-7-6-17-10-20/h6-10,12,16H,2-5H2,1H3,(H,18,21). The summed E-state index contributed by atoms with van der Waals surface area (Å²) in [6.07, 6.45) is 7.11. The molecule has 21 heavy (non-hydrogen) atoms. The van der Waals surface area contributed by atoms with Crippen molar-refractivity contribution in [3.8, 4) is 5.82 Å². The van der Waals surface area contributed by atoms with Crippen molar-refractivity contribution < 1.29 is 4.79 Å². The first-order valence-corrected chi connectivity index (χ1v) is 7.21. The van der Waals surface area contributed by atoms with E-state index < -0.39 is 0 Å². The molecule has 3 heterocycles. The Morgan fingerprint density at radius 3 is 2.90 bits per heavy atom. The number of aromatic nitrogens is 3. The summed E-state index contributed by atoms with van der Waals surface area (Å²) in [5.41, 5.74) is 1.46. The lowest BCUT2D eigenvalue weighted by Gasteiger charge is -2.23. The molecule has 1 saturated heterocycles. The lowest BCUT2D eigenvalue weighted by Crippen LogP contribution is -2.43. The molecule has 0 saturated carbocycles. The topological polar surface area (TPSA) is 71.8 Å².